The van der Waals surface area contributed by atoms with Crippen molar-refractivity contribution >= 4 is 5.91 Å². The summed E-state index contributed by atoms with van der Waals surface area (Å²) in [6, 6.07) is 5.89. The molecule has 1 aromatic carbocycles. The van der Waals surface area contributed by atoms with Crippen molar-refractivity contribution in [3.63, 3.8) is 0 Å². The predicted molar refractivity (Wildman–Crippen MR) is 86.6 cm³/mol. The highest BCUT2D eigenvalue weighted by Gasteiger charge is 2.40. The van der Waals surface area contributed by atoms with E-state index in [-0.39, 0.29) is 17.3 Å². The van der Waals surface area contributed by atoms with Crippen molar-refractivity contribution in [2.45, 2.75) is 37.3 Å². The van der Waals surface area contributed by atoms with E-state index in [1.165, 1.54) is 12.1 Å². The van der Waals surface area contributed by atoms with Crippen molar-refractivity contribution < 1.29 is 13.9 Å². The van der Waals surface area contributed by atoms with Crippen molar-refractivity contribution in [2.75, 3.05) is 33.8 Å². The summed E-state index contributed by atoms with van der Waals surface area (Å²) in [5.74, 6) is -0.257. The van der Waals surface area contributed by atoms with Gasteiger partial charge in [0.05, 0.1) is 5.60 Å². The first-order valence-corrected chi connectivity index (χ1v) is 8.35. The second-order valence-electron chi connectivity index (χ2n) is 6.88. The van der Waals surface area contributed by atoms with Gasteiger partial charge in [0.1, 0.15) is 11.9 Å². The number of rotatable bonds is 3. The molecule has 2 saturated heterocycles. The Hall–Kier alpha value is -1.46. The third-order valence-electron chi connectivity index (χ3n) is 5.09. The van der Waals surface area contributed by atoms with Crippen molar-refractivity contribution in [3.05, 3.63) is 35.6 Å². The Labute approximate surface area is 137 Å². The van der Waals surface area contributed by atoms with Crippen molar-refractivity contribution in [1.82, 2.24) is 9.80 Å². The Morgan fingerprint density at radius 2 is 2.04 bits per heavy atom. The van der Waals surface area contributed by atoms with Crippen LogP contribution in [0.25, 0.3) is 0 Å². The molecule has 0 bridgehead atoms. The van der Waals surface area contributed by atoms with E-state index in [1.54, 1.807) is 6.07 Å². The summed E-state index contributed by atoms with van der Waals surface area (Å²) in [5, 5.41) is 0. The van der Waals surface area contributed by atoms with Crippen LogP contribution in [0.4, 0.5) is 4.39 Å². The number of carbonyl (C=O) groups is 1. The third kappa shape index (κ3) is 3.40. The van der Waals surface area contributed by atoms with Crippen LogP contribution < -0.4 is 0 Å². The fraction of sp³-hybridized carbons (Fsp3) is 0.611. The Bertz CT molecular complexity index is 560. The molecule has 0 saturated carbocycles. The standard InChI is InChI=1S/C18H25FN2O2/c1-20(2)16(14-5-3-6-15(19)13-14)17(22)21-10-8-18(9-11-21)7-4-12-23-18/h3,5-6,13,16H,4,7-12H2,1-2H3/t16-/m0/s1. The van der Waals surface area contributed by atoms with E-state index >= 15 is 0 Å². The van der Waals surface area contributed by atoms with E-state index in [0.29, 0.717) is 5.56 Å². The van der Waals surface area contributed by atoms with E-state index in [1.807, 2.05) is 30.0 Å². The SMILES string of the molecule is CN(C)[C@H](C(=O)N1CCC2(CCCO2)CC1)c1cccc(F)c1. The van der Waals surface area contributed by atoms with Crippen LogP contribution in [0, 0.1) is 5.82 Å². The minimum absolute atomic E-state index is 0.00322. The van der Waals surface area contributed by atoms with Gasteiger partial charge in [0.15, 0.2) is 0 Å². The van der Waals surface area contributed by atoms with Crippen LogP contribution in [-0.2, 0) is 9.53 Å². The Morgan fingerprint density at radius 1 is 1.30 bits per heavy atom. The van der Waals surface area contributed by atoms with Crippen LogP contribution in [0.5, 0.6) is 0 Å². The van der Waals surface area contributed by atoms with Gasteiger partial charge < -0.3 is 9.64 Å². The van der Waals surface area contributed by atoms with Gasteiger partial charge in [-0.15, -0.1) is 0 Å². The highest BCUT2D eigenvalue weighted by molar-refractivity contribution is 5.83. The van der Waals surface area contributed by atoms with E-state index < -0.39 is 6.04 Å². The zero-order valence-electron chi connectivity index (χ0n) is 13.9. The molecule has 0 radical (unpaired) electrons. The van der Waals surface area contributed by atoms with Crippen LogP contribution in [0.2, 0.25) is 0 Å². The van der Waals surface area contributed by atoms with Crippen LogP contribution >= 0.6 is 0 Å². The molecule has 4 nitrogen and oxygen atoms in total. The molecule has 0 aromatic heterocycles. The third-order valence-corrected chi connectivity index (χ3v) is 5.09. The van der Waals surface area contributed by atoms with Crippen LogP contribution in [0.1, 0.15) is 37.3 Å². The lowest BCUT2D eigenvalue weighted by atomic mass is 9.88. The first kappa shape index (κ1) is 16.4. The summed E-state index contributed by atoms with van der Waals surface area (Å²) < 4.78 is 19.5. The number of halogens is 1. The highest BCUT2D eigenvalue weighted by atomic mass is 19.1. The quantitative estimate of drug-likeness (QED) is 0.858. The van der Waals surface area contributed by atoms with Gasteiger partial charge in [0, 0.05) is 19.7 Å². The molecule has 23 heavy (non-hydrogen) atoms. The molecular weight excluding hydrogens is 295 g/mol. The Balaban J connectivity index is 1.72. The van der Waals surface area contributed by atoms with Crippen LogP contribution in [-0.4, -0.2) is 55.1 Å². The van der Waals surface area contributed by atoms with Gasteiger partial charge >= 0.3 is 0 Å². The summed E-state index contributed by atoms with van der Waals surface area (Å²) in [5.41, 5.74) is 0.709. The maximum atomic E-state index is 13.5. The molecule has 5 heteroatoms. The van der Waals surface area contributed by atoms with Gasteiger partial charge in [-0.1, -0.05) is 12.1 Å². The highest BCUT2D eigenvalue weighted by Crippen LogP contribution is 2.36. The van der Waals surface area contributed by atoms with Crippen LogP contribution in [0.3, 0.4) is 0 Å². The first-order chi connectivity index (χ1) is 11.0. The molecule has 2 aliphatic heterocycles. The topological polar surface area (TPSA) is 32.8 Å². The smallest absolute Gasteiger partial charge is 0.244 e. The molecule has 2 aliphatic rings. The number of nitrogens with zero attached hydrogens (tertiary/aromatic N) is 2. The first-order valence-electron chi connectivity index (χ1n) is 8.35. The molecule has 3 rings (SSSR count). The fourth-order valence-corrected chi connectivity index (χ4v) is 3.80. The number of likely N-dealkylation sites (tertiary alicyclic amines) is 1. The largest absolute Gasteiger partial charge is 0.375 e. The number of amides is 1. The van der Waals surface area contributed by atoms with E-state index in [0.717, 1.165) is 45.4 Å². The lowest BCUT2D eigenvalue weighted by molar-refractivity contribution is -0.141. The van der Waals surface area contributed by atoms with Crippen molar-refractivity contribution in [2.24, 2.45) is 0 Å². The van der Waals surface area contributed by atoms with E-state index in [4.69, 9.17) is 4.74 Å². The predicted octanol–water partition coefficient (Wildman–Crippen LogP) is 2.60. The molecule has 1 amide bonds. The molecule has 2 fully saturated rings. The normalized spacial score (nSPS) is 21.8. The monoisotopic (exact) mass is 320 g/mol. The van der Waals surface area contributed by atoms with E-state index in [9.17, 15) is 9.18 Å². The number of piperidine rings is 1. The second kappa shape index (κ2) is 6.57. The second-order valence-corrected chi connectivity index (χ2v) is 6.88. The molecule has 2 heterocycles. The van der Waals surface area contributed by atoms with Gasteiger partial charge in [0.25, 0.3) is 0 Å². The maximum absolute atomic E-state index is 13.5. The number of hydrogen-bond acceptors (Lipinski definition) is 3. The van der Waals surface area contributed by atoms with Gasteiger partial charge in [-0.05, 0) is 57.5 Å². The minimum atomic E-state index is -0.441. The molecule has 0 N–H and O–H groups in total. The number of hydrogen-bond donors (Lipinski definition) is 0. The zero-order chi connectivity index (χ0) is 16.4. The molecule has 1 aromatic rings. The summed E-state index contributed by atoms with van der Waals surface area (Å²) in [6.45, 7) is 2.29. The lowest BCUT2D eigenvalue weighted by Crippen LogP contribution is -2.49. The van der Waals surface area contributed by atoms with E-state index in [2.05, 4.69) is 0 Å². The van der Waals surface area contributed by atoms with Gasteiger partial charge in [0.2, 0.25) is 5.91 Å². The number of carbonyl (C=O) groups excluding carboxylic acids is 1. The molecule has 1 spiro atoms. The lowest BCUT2D eigenvalue weighted by Gasteiger charge is -2.40. The summed E-state index contributed by atoms with van der Waals surface area (Å²) in [6.07, 6.45) is 4.04. The molecule has 0 aliphatic carbocycles. The summed E-state index contributed by atoms with van der Waals surface area (Å²) in [4.78, 5) is 16.7. The molecular formula is C18H25FN2O2. The Kier molecular flexibility index (Phi) is 4.69. The van der Waals surface area contributed by atoms with Crippen molar-refractivity contribution in [3.8, 4) is 0 Å². The summed E-state index contributed by atoms with van der Waals surface area (Å²) >= 11 is 0. The molecule has 1 atom stereocenters. The fourth-order valence-electron chi connectivity index (χ4n) is 3.80. The minimum Gasteiger partial charge on any atom is -0.375 e. The summed E-state index contributed by atoms with van der Waals surface area (Å²) in [7, 11) is 3.72. The number of likely N-dealkylation sites (N-methyl/N-ethyl adjacent to an activating group) is 1. The molecule has 126 valence electrons. The van der Waals surface area contributed by atoms with Gasteiger partial charge in [-0.2, -0.15) is 0 Å². The van der Waals surface area contributed by atoms with Crippen molar-refractivity contribution in [1.29, 1.82) is 0 Å². The average Bonchev–Trinajstić information content (AvgIpc) is 2.96. The van der Waals surface area contributed by atoms with Gasteiger partial charge in [-0.3, -0.25) is 9.69 Å². The zero-order valence-corrected chi connectivity index (χ0v) is 13.9. The average molecular weight is 320 g/mol. The Morgan fingerprint density at radius 3 is 2.61 bits per heavy atom. The maximum Gasteiger partial charge on any atom is 0.244 e. The van der Waals surface area contributed by atoms with Crippen LogP contribution in [0.15, 0.2) is 24.3 Å². The number of benzene rings is 1. The molecule has 0 unspecified atom stereocenters. The number of ether oxygens (including phenoxy) is 1. The van der Waals surface area contributed by atoms with Gasteiger partial charge in [-0.25, -0.2) is 4.39 Å².